The van der Waals surface area contributed by atoms with E-state index in [1.54, 1.807) is 28.7 Å². The van der Waals surface area contributed by atoms with Gasteiger partial charge in [-0.1, -0.05) is 0 Å². The number of aromatic nitrogens is 3. The molecule has 2 aromatic heterocycles. The molecule has 8 nitrogen and oxygen atoms in total. The molecule has 1 unspecified atom stereocenters. The van der Waals surface area contributed by atoms with E-state index in [1.165, 1.54) is 6.20 Å². The average molecular weight is 277 g/mol. The Morgan fingerprint density at radius 2 is 2.10 bits per heavy atom. The Bertz CT molecular complexity index is 617. The van der Waals surface area contributed by atoms with Crippen molar-refractivity contribution in [2.45, 2.75) is 6.10 Å². The first kappa shape index (κ1) is 13.8. The molecule has 2 rings (SSSR count). The molecule has 2 heterocycles. The van der Waals surface area contributed by atoms with Gasteiger partial charge in [0.1, 0.15) is 17.5 Å². The van der Waals surface area contributed by atoms with Gasteiger partial charge in [-0.25, -0.2) is 0 Å². The molecule has 8 heteroatoms. The number of amides is 2. The van der Waals surface area contributed by atoms with Gasteiger partial charge in [-0.2, -0.15) is 5.10 Å². The van der Waals surface area contributed by atoms with Crippen LogP contribution in [0.5, 0.6) is 0 Å². The van der Waals surface area contributed by atoms with Gasteiger partial charge in [0.2, 0.25) is 5.91 Å². The maximum Gasteiger partial charge on any atom is 0.256 e. The highest BCUT2D eigenvalue weighted by molar-refractivity contribution is 5.97. The molecule has 106 valence electrons. The second-order valence-electron chi connectivity index (χ2n) is 4.22. The lowest BCUT2D eigenvalue weighted by atomic mass is 10.2. The number of aliphatic hydroxyl groups is 1. The molecular formula is C12H15N5O3. The minimum atomic E-state index is -1.41. The molecule has 0 spiro atoms. The summed E-state index contributed by atoms with van der Waals surface area (Å²) in [6.45, 7) is -0.242. The maximum atomic E-state index is 12.1. The van der Waals surface area contributed by atoms with Crippen molar-refractivity contribution in [1.29, 1.82) is 0 Å². The van der Waals surface area contributed by atoms with Crippen molar-refractivity contribution in [2.24, 2.45) is 12.8 Å². The molecule has 0 aliphatic carbocycles. The van der Waals surface area contributed by atoms with Gasteiger partial charge in [-0.15, -0.1) is 0 Å². The third-order valence-corrected chi connectivity index (χ3v) is 2.79. The number of aryl methyl sites for hydroxylation is 1. The Balaban J connectivity index is 2.17. The smallest absolute Gasteiger partial charge is 0.256 e. The zero-order chi connectivity index (χ0) is 14.7. The lowest BCUT2D eigenvalue weighted by Gasteiger charge is -2.10. The molecule has 4 N–H and O–H groups in total. The van der Waals surface area contributed by atoms with Gasteiger partial charge in [0.25, 0.3) is 5.91 Å². The zero-order valence-corrected chi connectivity index (χ0v) is 10.9. The van der Waals surface area contributed by atoms with Gasteiger partial charge in [0, 0.05) is 19.4 Å². The van der Waals surface area contributed by atoms with Crippen LogP contribution < -0.4 is 11.1 Å². The number of carbonyl (C=O) groups excluding carboxylic acids is 2. The Kier molecular flexibility index (Phi) is 3.85. The normalized spacial score (nSPS) is 12.1. The second-order valence-corrected chi connectivity index (χ2v) is 4.22. The highest BCUT2D eigenvalue weighted by Gasteiger charge is 2.19. The second kappa shape index (κ2) is 5.57. The lowest BCUT2D eigenvalue weighted by molar-refractivity contribution is -0.125. The van der Waals surface area contributed by atoms with Crippen molar-refractivity contribution in [1.82, 2.24) is 19.7 Å². The topological polar surface area (TPSA) is 115 Å². The van der Waals surface area contributed by atoms with E-state index in [9.17, 15) is 14.7 Å². The highest BCUT2D eigenvalue weighted by atomic mass is 16.3. The van der Waals surface area contributed by atoms with Crippen LogP contribution in [0.15, 0.2) is 30.7 Å². The van der Waals surface area contributed by atoms with E-state index in [0.717, 1.165) is 0 Å². The van der Waals surface area contributed by atoms with E-state index < -0.39 is 17.9 Å². The third-order valence-electron chi connectivity index (χ3n) is 2.79. The number of primary amides is 1. The minimum absolute atomic E-state index is 0.242. The Morgan fingerprint density at radius 1 is 1.45 bits per heavy atom. The van der Waals surface area contributed by atoms with Crippen molar-refractivity contribution in [3.8, 4) is 5.82 Å². The quantitative estimate of drug-likeness (QED) is 0.635. The molecule has 0 aliphatic rings. The summed E-state index contributed by atoms with van der Waals surface area (Å²) >= 11 is 0. The zero-order valence-electron chi connectivity index (χ0n) is 10.9. The first-order valence-corrected chi connectivity index (χ1v) is 5.91. The van der Waals surface area contributed by atoms with Gasteiger partial charge in [0.05, 0.1) is 12.7 Å². The molecule has 0 saturated heterocycles. The Morgan fingerprint density at radius 3 is 2.70 bits per heavy atom. The lowest BCUT2D eigenvalue weighted by Crippen LogP contribution is -2.40. The fourth-order valence-electron chi connectivity index (χ4n) is 1.76. The first-order valence-electron chi connectivity index (χ1n) is 5.91. The minimum Gasteiger partial charge on any atom is -0.381 e. The fourth-order valence-corrected chi connectivity index (χ4v) is 1.76. The molecule has 0 fully saturated rings. The van der Waals surface area contributed by atoms with E-state index in [-0.39, 0.29) is 6.54 Å². The predicted octanol–water partition coefficient (Wildman–Crippen LogP) is -1.21. The average Bonchev–Trinajstić information content (AvgIpc) is 3.03. The summed E-state index contributed by atoms with van der Waals surface area (Å²) in [4.78, 5) is 22.8. The molecule has 2 aromatic rings. The summed E-state index contributed by atoms with van der Waals surface area (Å²) < 4.78 is 3.30. The van der Waals surface area contributed by atoms with Crippen molar-refractivity contribution in [2.75, 3.05) is 6.54 Å². The van der Waals surface area contributed by atoms with E-state index in [0.29, 0.717) is 11.4 Å². The van der Waals surface area contributed by atoms with Crippen LogP contribution in [0.3, 0.4) is 0 Å². The third kappa shape index (κ3) is 2.69. The van der Waals surface area contributed by atoms with Gasteiger partial charge in [-0.3, -0.25) is 14.3 Å². The van der Waals surface area contributed by atoms with Crippen LogP contribution in [-0.4, -0.2) is 43.9 Å². The molecule has 0 saturated carbocycles. The number of rotatable bonds is 5. The van der Waals surface area contributed by atoms with Crippen LogP contribution in [0.4, 0.5) is 0 Å². The molecule has 0 radical (unpaired) electrons. The predicted molar refractivity (Wildman–Crippen MR) is 70.1 cm³/mol. The monoisotopic (exact) mass is 277 g/mol. The van der Waals surface area contributed by atoms with E-state index >= 15 is 0 Å². The number of hydrogen-bond acceptors (Lipinski definition) is 4. The van der Waals surface area contributed by atoms with Crippen molar-refractivity contribution in [3.63, 3.8) is 0 Å². The van der Waals surface area contributed by atoms with Crippen molar-refractivity contribution >= 4 is 11.8 Å². The van der Waals surface area contributed by atoms with Crippen LogP contribution >= 0.6 is 0 Å². The number of carbonyl (C=O) groups is 2. The van der Waals surface area contributed by atoms with Crippen LogP contribution in [0, 0.1) is 0 Å². The molecule has 2 amide bonds. The fraction of sp³-hybridized carbons (Fsp3) is 0.250. The summed E-state index contributed by atoms with van der Waals surface area (Å²) in [5.74, 6) is -0.745. The summed E-state index contributed by atoms with van der Waals surface area (Å²) in [6.07, 6.45) is 3.57. The Labute approximate surface area is 114 Å². The molecule has 20 heavy (non-hydrogen) atoms. The van der Waals surface area contributed by atoms with Gasteiger partial charge < -0.3 is 20.7 Å². The van der Waals surface area contributed by atoms with Crippen LogP contribution in [0.1, 0.15) is 10.4 Å². The van der Waals surface area contributed by atoms with Crippen molar-refractivity contribution in [3.05, 3.63) is 36.3 Å². The van der Waals surface area contributed by atoms with Crippen molar-refractivity contribution < 1.29 is 14.7 Å². The summed E-state index contributed by atoms with van der Waals surface area (Å²) in [5, 5.41) is 15.7. The SMILES string of the molecule is Cn1ncc(C(=O)NCC(O)C(N)=O)c1-n1cccc1. The summed E-state index contributed by atoms with van der Waals surface area (Å²) in [7, 11) is 1.71. The number of hydrogen-bond donors (Lipinski definition) is 3. The Hall–Kier alpha value is -2.61. The molecule has 0 aliphatic heterocycles. The molecule has 0 aromatic carbocycles. The summed E-state index contributed by atoms with van der Waals surface area (Å²) in [5.41, 5.74) is 5.24. The largest absolute Gasteiger partial charge is 0.381 e. The van der Waals surface area contributed by atoms with Crippen LogP contribution in [0.2, 0.25) is 0 Å². The number of nitrogens with one attached hydrogen (secondary N) is 1. The standard InChI is InChI=1S/C12H15N5O3/c1-16-12(17-4-2-3-5-17)8(6-15-16)11(20)14-7-9(18)10(13)19/h2-6,9,18H,7H2,1H3,(H2,13,19)(H,14,20). The van der Waals surface area contributed by atoms with Gasteiger partial charge in [-0.05, 0) is 12.1 Å². The molecule has 1 atom stereocenters. The molecule has 0 bridgehead atoms. The van der Waals surface area contributed by atoms with Crippen LogP contribution in [0.25, 0.3) is 5.82 Å². The first-order chi connectivity index (χ1) is 9.50. The van der Waals surface area contributed by atoms with E-state index in [1.807, 2.05) is 12.1 Å². The number of nitrogens with two attached hydrogens (primary N) is 1. The van der Waals surface area contributed by atoms with Crippen LogP contribution in [-0.2, 0) is 11.8 Å². The van der Waals surface area contributed by atoms with Gasteiger partial charge >= 0.3 is 0 Å². The molecular weight excluding hydrogens is 262 g/mol. The maximum absolute atomic E-state index is 12.1. The number of nitrogens with zero attached hydrogens (tertiary/aromatic N) is 3. The van der Waals surface area contributed by atoms with E-state index in [2.05, 4.69) is 10.4 Å². The van der Waals surface area contributed by atoms with E-state index in [4.69, 9.17) is 5.73 Å². The highest BCUT2D eigenvalue weighted by Crippen LogP contribution is 2.13. The summed E-state index contributed by atoms with van der Waals surface area (Å²) in [6, 6.07) is 3.65. The van der Waals surface area contributed by atoms with Gasteiger partial charge in [0.15, 0.2) is 0 Å². The number of aliphatic hydroxyl groups excluding tert-OH is 1.